The first-order chi connectivity index (χ1) is 16.1. The number of nitrogens with zero attached hydrogens (tertiary/aromatic N) is 4. The summed E-state index contributed by atoms with van der Waals surface area (Å²) >= 11 is 0. The fraction of sp³-hybridized carbons (Fsp3) is 0.273. The maximum atomic E-state index is 13.3. The SMILES string of the molecule is COc1ccc(C(=O)Nc2cnn3c2C(=O)N(c2ccc(C(F)(F)F)c(OC)n2)C[C@@H]3C)cc1.S. The zero-order valence-electron chi connectivity index (χ0n) is 18.9. The molecule has 9 nitrogen and oxygen atoms in total. The molecule has 0 radical (unpaired) electrons. The molecule has 3 aromatic rings. The van der Waals surface area contributed by atoms with Crippen molar-refractivity contribution >= 4 is 36.8 Å². The summed E-state index contributed by atoms with van der Waals surface area (Å²) in [6.07, 6.45) is -3.30. The zero-order valence-corrected chi connectivity index (χ0v) is 19.9. The van der Waals surface area contributed by atoms with Crippen molar-refractivity contribution in [2.75, 3.05) is 31.0 Å². The summed E-state index contributed by atoms with van der Waals surface area (Å²) in [5.41, 5.74) is -0.459. The van der Waals surface area contributed by atoms with Crippen molar-refractivity contribution < 1.29 is 32.2 Å². The van der Waals surface area contributed by atoms with E-state index in [-0.39, 0.29) is 43.3 Å². The van der Waals surface area contributed by atoms with Crippen molar-refractivity contribution in [1.29, 1.82) is 0 Å². The third-order valence-corrected chi connectivity index (χ3v) is 5.33. The van der Waals surface area contributed by atoms with Gasteiger partial charge >= 0.3 is 6.18 Å². The van der Waals surface area contributed by atoms with E-state index in [1.807, 2.05) is 0 Å². The molecule has 0 bridgehead atoms. The van der Waals surface area contributed by atoms with E-state index in [4.69, 9.17) is 9.47 Å². The van der Waals surface area contributed by atoms with Crippen LogP contribution in [0.2, 0.25) is 0 Å². The van der Waals surface area contributed by atoms with Crippen LogP contribution in [0.15, 0.2) is 42.6 Å². The molecule has 2 amide bonds. The predicted octanol–water partition coefficient (Wildman–Crippen LogP) is 3.90. The maximum absolute atomic E-state index is 13.3. The van der Waals surface area contributed by atoms with Crippen LogP contribution in [0.25, 0.3) is 0 Å². The van der Waals surface area contributed by atoms with Crippen LogP contribution >= 0.6 is 13.5 Å². The van der Waals surface area contributed by atoms with Crippen molar-refractivity contribution in [3.05, 3.63) is 59.4 Å². The molecule has 0 aliphatic carbocycles. The molecule has 0 saturated carbocycles. The first-order valence-electron chi connectivity index (χ1n) is 10.1. The molecule has 3 heterocycles. The molecule has 4 rings (SSSR count). The standard InChI is InChI=1S/C22H20F3N5O4.H2S/c1-12-11-29(17-9-8-15(22(23,24)25)20(28-17)34-3)21(32)18-16(10-26-30(12)18)27-19(31)13-4-6-14(33-2)7-5-13;/h4-10,12H,11H2,1-3H3,(H,27,31);1H2/t12-;/m0./s1. The number of pyridine rings is 1. The summed E-state index contributed by atoms with van der Waals surface area (Å²) in [6, 6.07) is 7.98. The Hall–Kier alpha value is -3.74. The van der Waals surface area contributed by atoms with E-state index in [0.29, 0.717) is 11.3 Å². The highest BCUT2D eigenvalue weighted by Gasteiger charge is 2.38. The third kappa shape index (κ3) is 4.90. The fourth-order valence-corrected chi connectivity index (χ4v) is 3.64. The minimum atomic E-state index is -4.66. The van der Waals surface area contributed by atoms with E-state index in [9.17, 15) is 22.8 Å². The molecular weight excluding hydrogens is 487 g/mol. The highest BCUT2D eigenvalue weighted by Crippen LogP contribution is 2.37. The van der Waals surface area contributed by atoms with Crippen LogP contribution in [-0.4, -0.2) is 47.3 Å². The van der Waals surface area contributed by atoms with Gasteiger partial charge in [-0.25, -0.2) is 0 Å². The molecule has 1 aliphatic heterocycles. The third-order valence-electron chi connectivity index (χ3n) is 5.33. The largest absolute Gasteiger partial charge is 0.497 e. The number of halogens is 3. The van der Waals surface area contributed by atoms with Crippen molar-refractivity contribution in [3.8, 4) is 11.6 Å². The number of alkyl halides is 3. The van der Waals surface area contributed by atoms with Gasteiger partial charge in [0.05, 0.1) is 32.1 Å². The van der Waals surface area contributed by atoms with Crippen LogP contribution in [0.3, 0.4) is 0 Å². The van der Waals surface area contributed by atoms with Crippen LogP contribution < -0.4 is 19.7 Å². The second-order valence-electron chi connectivity index (χ2n) is 7.52. The van der Waals surface area contributed by atoms with Gasteiger partial charge < -0.3 is 14.8 Å². The van der Waals surface area contributed by atoms with Gasteiger partial charge in [-0.3, -0.25) is 19.2 Å². The smallest absolute Gasteiger partial charge is 0.421 e. The first-order valence-corrected chi connectivity index (χ1v) is 10.1. The molecule has 0 spiro atoms. The summed E-state index contributed by atoms with van der Waals surface area (Å²) in [6.45, 7) is 1.90. The van der Waals surface area contributed by atoms with Gasteiger partial charge in [0.25, 0.3) is 11.8 Å². The number of benzene rings is 1. The Balaban J connectivity index is 0.00000342. The Kier molecular flexibility index (Phi) is 7.29. The topological polar surface area (TPSA) is 98.6 Å². The number of hydrogen-bond donors (Lipinski definition) is 1. The Morgan fingerprint density at radius 1 is 1.11 bits per heavy atom. The molecule has 1 aliphatic rings. The fourth-order valence-electron chi connectivity index (χ4n) is 3.64. The van der Waals surface area contributed by atoms with Crippen LogP contribution in [-0.2, 0) is 6.18 Å². The lowest BCUT2D eigenvalue weighted by Gasteiger charge is -2.31. The molecular formula is C22H22F3N5O4S. The van der Waals surface area contributed by atoms with Crippen LogP contribution in [0.4, 0.5) is 24.7 Å². The van der Waals surface area contributed by atoms with E-state index in [1.54, 1.807) is 31.2 Å². The Morgan fingerprint density at radius 2 is 1.80 bits per heavy atom. The van der Waals surface area contributed by atoms with E-state index in [2.05, 4.69) is 15.4 Å². The van der Waals surface area contributed by atoms with E-state index < -0.39 is 29.4 Å². The number of amides is 2. The quantitative estimate of drug-likeness (QED) is 0.560. The second kappa shape index (κ2) is 9.86. The molecule has 2 aromatic heterocycles. The highest BCUT2D eigenvalue weighted by molar-refractivity contribution is 7.59. The number of rotatable bonds is 5. The average molecular weight is 510 g/mol. The number of methoxy groups -OCH3 is 2. The minimum absolute atomic E-state index is 0. The molecule has 1 N–H and O–H groups in total. The van der Waals surface area contributed by atoms with Crippen molar-refractivity contribution in [2.24, 2.45) is 0 Å². The first kappa shape index (κ1) is 25.9. The van der Waals surface area contributed by atoms with Crippen LogP contribution in [0, 0.1) is 0 Å². The average Bonchev–Trinajstić information content (AvgIpc) is 3.24. The predicted molar refractivity (Wildman–Crippen MR) is 126 cm³/mol. The molecule has 0 unspecified atom stereocenters. The monoisotopic (exact) mass is 509 g/mol. The van der Waals surface area contributed by atoms with Crippen LogP contribution in [0.1, 0.15) is 39.4 Å². The van der Waals surface area contributed by atoms with Gasteiger partial charge in [-0.1, -0.05) is 0 Å². The number of anilines is 2. The van der Waals surface area contributed by atoms with Crippen molar-refractivity contribution in [3.63, 3.8) is 0 Å². The molecule has 186 valence electrons. The Bertz CT molecular complexity index is 1250. The zero-order chi connectivity index (χ0) is 24.6. The number of carbonyl (C=O) groups is 2. The van der Waals surface area contributed by atoms with Gasteiger partial charge in [-0.15, -0.1) is 0 Å². The minimum Gasteiger partial charge on any atom is -0.497 e. The number of ether oxygens (including phenoxy) is 2. The summed E-state index contributed by atoms with van der Waals surface area (Å²) in [5.74, 6) is -1.11. The molecule has 35 heavy (non-hydrogen) atoms. The second-order valence-corrected chi connectivity index (χ2v) is 7.52. The van der Waals surface area contributed by atoms with Gasteiger partial charge in [0.1, 0.15) is 17.1 Å². The summed E-state index contributed by atoms with van der Waals surface area (Å²) in [7, 11) is 2.58. The lowest BCUT2D eigenvalue weighted by atomic mass is 10.1. The number of fused-ring (bicyclic) bond motifs is 1. The van der Waals surface area contributed by atoms with Gasteiger partial charge in [0.2, 0.25) is 5.88 Å². The normalized spacial score (nSPS) is 15.2. The summed E-state index contributed by atoms with van der Waals surface area (Å²) in [5, 5.41) is 6.89. The van der Waals surface area contributed by atoms with Gasteiger partial charge in [0.15, 0.2) is 5.69 Å². The van der Waals surface area contributed by atoms with Crippen molar-refractivity contribution in [2.45, 2.75) is 19.1 Å². The van der Waals surface area contributed by atoms with E-state index in [0.717, 1.165) is 19.2 Å². The Morgan fingerprint density at radius 3 is 2.40 bits per heavy atom. The number of carbonyl (C=O) groups excluding carboxylic acids is 2. The summed E-state index contributed by atoms with van der Waals surface area (Å²) in [4.78, 5) is 31.2. The van der Waals surface area contributed by atoms with Gasteiger partial charge in [-0.05, 0) is 43.3 Å². The molecule has 0 fully saturated rings. The number of aromatic nitrogens is 3. The van der Waals surface area contributed by atoms with Gasteiger partial charge in [0, 0.05) is 12.1 Å². The van der Waals surface area contributed by atoms with E-state index in [1.165, 1.54) is 22.9 Å². The number of hydrogen-bond acceptors (Lipinski definition) is 6. The maximum Gasteiger partial charge on any atom is 0.421 e. The highest BCUT2D eigenvalue weighted by atomic mass is 32.1. The summed E-state index contributed by atoms with van der Waals surface area (Å²) < 4.78 is 51.0. The molecule has 13 heteroatoms. The molecule has 0 saturated heterocycles. The van der Waals surface area contributed by atoms with Crippen LogP contribution in [0.5, 0.6) is 11.6 Å². The molecule has 1 aromatic carbocycles. The van der Waals surface area contributed by atoms with Crippen molar-refractivity contribution in [1.82, 2.24) is 14.8 Å². The van der Waals surface area contributed by atoms with E-state index >= 15 is 0 Å². The lowest BCUT2D eigenvalue weighted by molar-refractivity contribution is -0.139. The van der Waals surface area contributed by atoms with Gasteiger partial charge in [-0.2, -0.15) is 36.7 Å². The lowest BCUT2D eigenvalue weighted by Crippen LogP contribution is -2.43. The Labute approximate surface area is 205 Å². The number of nitrogens with one attached hydrogen (secondary N) is 1. The molecule has 1 atom stereocenters.